The van der Waals surface area contributed by atoms with E-state index in [4.69, 9.17) is 4.74 Å². The van der Waals surface area contributed by atoms with Crippen LogP contribution in [0.3, 0.4) is 0 Å². The number of rotatable bonds is 8. The third kappa shape index (κ3) is 8.75. The van der Waals surface area contributed by atoms with Crippen molar-refractivity contribution in [1.82, 2.24) is 0 Å². The van der Waals surface area contributed by atoms with Crippen LogP contribution in [0.4, 0.5) is 36.6 Å². The molecule has 0 spiro atoms. The quantitative estimate of drug-likeness (QED) is 0.0815. The minimum atomic E-state index is -10.7. The summed E-state index contributed by atoms with van der Waals surface area (Å²) in [5.74, 6) is -0.317. The Morgan fingerprint density at radius 2 is 1.41 bits per heavy atom. The normalized spacial score (nSPS) is 15.5. The Labute approximate surface area is 264 Å². The molecule has 0 saturated carbocycles. The number of hydrogen-bond donors (Lipinski definition) is 0. The summed E-state index contributed by atoms with van der Waals surface area (Å²) in [6, 6.07) is 29.7. The maximum atomic E-state index is 12.0. The van der Waals surface area contributed by atoms with Gasteiger partial charge >= 0.3 is 39.0 Å². The van der Waals surface area contributed by atoms with Crippen molar-refractivity contribution in [2.45, 2.75) is 39.7 Å². The number of benzene rings is 4. The van der Waals surface area contributed by atoms with E-state index in [1.165, 1.54) is 46.1 Å². The number of anilines is 1. The standard InChI is InChI=1S/C35H37N2O2.F6P/c1-6-36(7-2)29-20-14-25(15-21-29)16-23-32-35(3,4)33-30-11-9-8-10-27(30)19-22-31(33)37(32)24-26-12-17-28(18-13-26)34(38)39-5;1-7(2,3,4,5)6/h8-23H,6-7,24H2,1-5H3;/q+1;-1. The van der Waals surface area contributed by atoms with Crippen LogP contribution in [0.2, 0.25) is 0 Å². The molecule has 0 saturated heterocycles. The molecule has 0 bridgehead atoms. The van der Waals surface area contributed by atoms with Gasteiger partial charge in [-0.3, -0.25) is 0 Å². The van der Waals surface area contributed by atoms with Gasteiger partial charge in [0.1, 0.15) is 0 Å². The number of halogens is 6. The van der Waals surface area contributed by atoms with Crippen LogP contribution in [-0.2, 0) is 16.7 Å². The SMILES string of the molecule is CCN(CC)c1ccc(/C=C/C2=[N+](Cc3ccc(C(=O)OC)cc3)c3ccc4ccccc4c3C2(C)C)cc1.F[P-](F)(F)(F)(F)F. The fourth-order valence-electron chi connectivity index (χ4n) is 5.81. The first kappa shape index (κ1) is 34.7. The monoisotopic (exact) mass is 662 g/mol. The van der Waals surface area contributed by atoms with Gasteiger partial charge in [-0.25, -0.2) is 4.79 Å². The van der Waals surface area contributed by atoms with E-state index in [0.29, 0.717) is 12.1 Å². The first-order chi connectivity index (χ1) is 21.3. The average molecular weight is 663 g/mol. The second-order valence-electron chi connectivity index (χ2n) is 11.5. The number of allylic oxidation sites excluding steroid dienone is 1. The molecule has 1 heterocycles. The van der Waals surface area contributed by atoms with Crippen LogP contribution < -0.4 is 4.90 Å². The van der Waals surface area contributed by atoms with Gasteiger partial charge in [0, 0.05) is 42.0 Å². The van der Waals surface area contributed by atoms with Crippen LogP contribution in [0.25, 0.3) is 16.8 Å². The molecule has 4 aromatic carbocycles. The number of methoxy groups -OCH3 is 1. The Kier molecular flexibility index (Phi) is 9.21. The maximum absolute atomic E-state index is 12.0. The van der Waals surface area contributed by atoms with Gasteiger partial charge in [-0.05, 0) is 80.4 Å². The summed E-state index contributed by atoms with van der Waals surface area (Å²) in [6.45, 7) is 11.7. The van der Waals surface area contributed by atoms with Gasteiger partial charge in [0.05, 0.1) is 18.1 Å². The molecule has 5 rings (SSSR count). The third-order valence-corrected chi connectivity index (χ3v) is 7.93. The number of ether oxygens (including phenoxy) is 1. The van der Waals surface area contributed by atoms with Gasteiger partial charge in [-0.15, -0.1) is 0 Å². The van der Waals surface area contributed by atoms with E-state index in [-0.39, 0.29) is 11.4 Å². The van der Waals surface area contributed by atoms with Gasteiger partial charge in [0.15, 0.2) is 12.3 Å². The molecule has 0 fully saturated rings. The molecule has 0 atom stereocenters. The van der Waals surface area contributed by atoms with Gasteiger partial charge in [0.25, 0.3) is 0 Å². The Morgan fingerprint density at radius 3 is 1.98 bits per heavy atom. The number of hydrogen-bond acceptors (Lipinski definition) is 3. The third-order valence-electron chi connectivity index (χ3n) is 7.93. The fourth-order valence-corrected chi connectivity index (χ4v) is 5.81. The van der Waals surface area contributed by atoms with Gasteiger partial charge < -0.3 is 9.64 Å². The molecule has 1 aliphatic rings. The number of fused-ring (bicyclic) bond motifs is 3. The predicted octanol–water partition coefficient (Wildman–Crippen LogP) is 11.1. The van der Waals surface area contributed by atoms with Crippen molar-refractivity contribution < 1.29 is 39.3 Å². The first-order valence-corrected chi connectivity index (χ1v) is 16.8. The van der Waals surface area contributed by atoms with E-state index < -0.39 is 7.81 Å². The predicted molar refractivity (Wildman–Crippen MR) is 176 cm³/mol. The molecule has 1 aliphatic heterocycles. The molecular formula is C35H37F6N2O2P. The van der Waals surface area contributed by atoms with Crippen LogP contribution in [0.15, 0.2) is 91.0 Å². The molecule has 0 aromatic heterocycles. The van der Waals surface area contributed by atoms with Crippen molar-refractivity contribution in [2.24, 2.45) is 0 Å². The summed E-state index contributed by atoms with van der Waals surface area (Å²) < 4.78 is 66.5. The Morgan fingerprint density at radius 1 is 0.826 bits per heavy atom. The summed E-state index contributed by atoms with van der Waals surface area (Å²) in [5, 5.41) is 2.54. The Hall–Kier alpha value is -4.17. The van der Waals surface area contributed by atoms with Crippen LogP contribution in [0.5, 0.6) is 0 Å². The first-order valence-electron chi connectivity index (χ1n) is 14.8. The van der Waals surface area contributed by atoms with E-state index in [9.17, 15) is 30.0 Å². The van der Waals surface area contributed by atoms with Gasteiger partial charge in [0.2, 0.25) is 5.69 Å². The molecule has 0 unspecified atom stereocenters. The van der Waals surface area contributed by atoms with Gasteiger partial charge in [-0.1, -0.05) is 48.5 Å². The van der Waals surface area contributed by atoms with E-state index in [1.54, 1.807) is 0 Å². The number of esters is 1. The molecule has 4 nitrogen and oxygen atoms in total. The number of nitrogens with zero attached hydrogens (tertiary/aromatic N) is 2. The van der Waals surface area contributed by atoms with Crippen LogP contribution in [-0.4, -0.2) is 36.5 Å². The van der Waals surface area contributed by atoms with Crippen molar-refractivity contribution in [1.29, 1.82) is 0 Å². The zero-order valence-electron chi connectivity index (χ0n) is 26.3. The van der Waals surface area contributed by atoms with Crippen molar-refractivity contribution >= 4 is 47.7 Å². The molecule has 0 aliphatic carbocycles. The van der Waals surface area contributed by atoms with Crippen molar-refractivity contribution in [3.8, 4) is 0 Å². The minimum absolute atomic E-state index is 0.195. The second kappa shape index (κ2) is 12.2. The number of carbonyl (C=O) groups is 1. The zero-order chi connectivity index (χ0) is 34.0. The molecule has 0 amide bonds. The summed E-state index contributed by atoms with van der Waals surface area (Å²) in [6.07, 6.45) is 4.51. The Balaban J connectivity index is 0.000000617. The zero-order valence-corrected chi connectivity index (χ0v) is 27.2. The van der Waals surface area contributed by atoms with Gasteiger partial charge in [-0.2, -0.15) is 4.58 Å². The van der Waals surface area contributed by atoms with E-state index in [2.05, 4.69) is 110 Å². The molecule has 46 heavy (non-hydrogen) atoms. The molecule has 0 radical (unpaired) electrons. The van der Waals surface area contributed by atoms with E-state index >= 15 is 0 Å². The molecule has 246 valence electrons. The summed E-state index contributed by atoms with van der Waals surface area (Å²) >= 11 is 0. The molecular weight excluding hydrogens is 625 g/mol. The van der Waals surface area contributed by atoms with Crippen LogP contribution >= 0.6 is 7.81 Å². The molecule has 11 heteroatoms. The Bertz CT molecular complexity index is 1780. The van der Waals surface area contributed by atoms with Crippen molar-refractivity contribution in [3.63, 3.8) is 0 Å². The molecule has 4 aromatic rings. The topological polar surface area (TPSA) is 32.5 Å². The molecule has 0 N–H and O–H groups in total. The van der Waals surface area contributed by atoms with Crippen LogP contribution in [0.1, 0.15) is 54.7 Å². The number of carbonyl (C=O) groups excluding carboxylic acids is 1. The second-order valence-corrected chi connectivity index (χ2v) is 13.4. The van der Waals surface area contributed by atoms with Crippen LogP contribution in [0, 0.1) is 0 Å². The van der Waals surface area contributed by atoms with Crippen molar-refractivity contribution in [3.05, 3.63) is 113 Å². The fraction of sp³-hybridized carbons (Fsp3) is 0.257. The van der Waals surface area contributed by atoms with Crippen molar-refractivity contribution in [2.75, 3.05) is 25.1 Å². The van der Waals surface area contributed by atoms with E-state index in [1.807, 2.05) is 24.3 Å². The average Bonchev–Trinajstić information content (AvgIpc) is 3.21. The summed E-state index contributed by atoms with van der Waals surface area (Å²) in [5.41, 5.74) is 7.76. The summed E-state index contributed by atoms with van der Waals surface area (Å²) in [4.78, 5) is 14.3. The van der Waals surface area contributed by atoms with E-state index in [0.717, 1.165) is 18.7 Å². The summed E-state index contributed by atoms with van der Waals surface area (Å²) in [7, 11) is -9.25.